The van der Waals surface area contributed by atoms with Crippen molar-refractivity contribution in [3.63, 3.8) is 0 Å². The van der Waals surface area contributed by atoms with Gasteiger partial charge in [0.25, 0.3) is 5.91 Å². The topological polar surface area (TPSA) is 59.5 Å². The Morgan fingerprint density at radius 3 is 2.74 bits per heavy atom. The van der Waals surface area contributed by atoms with Crippen LogP contribution in [0.4, 0.5) is 0 Å². The van der Waals surface area contributed by atoms with Crippen LogP contribution in [0.3, 0.4) is 0 Å². The molecule has 1 aliphatic heterocycles. The first-order chi connectivity index (χ1) is 8.49. The SMILES string of the molecule is Cc1cc(C(=O)N2CCCC(C(C)N)C2)c(C)o1.Cl. The van der Waals surface area contributed by atoms with Crippen LogP contribution >= 0.6 is 12.4 Å². The van der Waals surface area contributed by atoms with Gasteiger partial charge in [0.2, 0.25) is 0 Å². The van der Waals surface area contributed by atoms with Gasteiger partial charge >= 0.3 is 0 Å². The molecule has 2 rings (SSSR count). The van der Waals surface area contributed by atoms with E-state index in [4.69, 9.17) is 10.2 Å². The number of carbonyl (C=O) groups is 1. The maximum absolute atomic E-state index is 12.4. The monoisotopic (exact) mass is 286 g/mol. The zero-order valence-electron chi connectivity index (χ0n) is 11.8. The van der Waals surface area contributed by atoms with E-state index < -0.39 is 0 Å². The quantitative estimate of drug-likeness (QED) is 0.909. The summed E-state index contributed by atoms with van der Waals surface area (Å²) in [5, 5.41) is 0. The molecule has 0 spiro atoms. The molecule has 2 unspecified atom stereocenters. The number of nitrogens with two attached hydrogens (primary N) is 1. The molecule has 1 fully saturated rings. The minimum absolute atomic E-state index is 0. The number of hydrogen-bond acceptors (Lipinski definition) is 3. The van der Waals surface area contributed by atoms with Gasteiger partial charge in [0.1, 0.15) is 11.5 Å². The molecular formula is C14H23ClN2O2. The molecule has 108 valence electrons. The number of nitrogens with zero attached hydrogens (tertiary/aromatic N) is 1. The Hall–Kier alpha value is -1.000. The zero-order valence-corrected chi connectivity index (χ0v) is 12.6. The van der Waals surface area contributed by atoms with Crippen molar-refractivity contribution in [1.29, 1.82) is 0 Å². The van der Waals surface area contributed by atoms with Crippen molar-refractivity contribution >= 4 is 18.3 Å². The molecule has 1 aromatic rings. The van der Waals surface area contributed by atoms with Gasteiger partial charge in [0, 0.05) is 19.1 Å². The van der Waals surface area contributed by atoms with E-state index in [2.05, 4.69) is 0 Å². The molecule has 5 heteroatoms. The maximum atomic E-state index is 12.4. The molecule has 0 bridgehead atoms. The second-order valence-corrected chi connectivity index (χ2v) is 5.34. The summed E-state index contributed by atoms with van der Waals surface area (Å²) in [6, 6.07) is 1.97. The summed E-state index contributed by atoms with van der Waals surface area (Å²) < 4.78 is 5.43. The van der Waals surface area contributed by atoms with Crippen molar-refractivity contribution < 1.29 is 9.21 Å². The summed E-state index contributed by atoms with van der Waals surface area (Å²) in [4.78, 5) is 14.3. The van der Waals surface area contributed by atoms with E-state index in [1.165, 1.54) is 0 Å². The summed E-state index contributed by atoms with van der Waals surface area (Å²) in [7, 11) is 0. The fourth-order valence-corrected chi connectivity index (χ4v) is 2.64. The smallest absolute Gasteiger partial charge is 0.257 e. The number of carbonyl (C=O) groups excluding carboxylic acids is 1. The third kappa shape index (κ3) is 3.51. The number of aryl methyl sites for hydroxylation is 2. The van der Waals surface area contributed by atoms with Gasteiger partial charge in [-0.25, -0.2) is 0 Å². The Labute approximate surface area is 120 Å². The number of amides is 1. The standard InChI is InChI=1S/C14H22N2O2.ClH/c1-9-7-13(11(3)18-9)14(17)16-6-4-5-12(8-16)10(2)15;/h7,10,12H,4-6,8,15H2,1-3H3;1H. The van der Waals surface area contributed by atoms with Gasteiger partial charge in [-0.3, -0.25) is 4.79 Å². The molecule has 1 saturated heterocycles. The first kappa shape index (κ1) is 16.1. The van der Waals surface area contributed by atoms with Crippen molar-refractivity contribution in [1.82, 2.24) is 4.90 Å². The molecule has 0 saturated carbocycles. The van der Waals surface area contributed by atoms with Gasteiger partial charge in [0.15, 0.2) is 0 Å². The van der Waals surface area contributed by atoms with Crippen molar-refractivity contribution in [2.45, 2.75) is 39.7 Å². The Bertz CT molecular complexity index is 443. The maximum Gasteiger partial charge on any atom is 0.257 e. The van der Waals surface area contributed by atoms with Crippen LogP contribution in [-0.4, -0.2) is 29.9 Å². The van der Waals surface area contributed by atoms with E-state index >= 15 is 0 Å². The van der Waals surface area contributed by atoms with E-state index in [9.17, 15) is 4.79 Å². The van der Waals surface area contributed by atoms with Gasteiger partial charge in [-0.05, 0) is 45.6 Å². The molecule has 1 aliphatic rings. The second kappa shape index (κ2) is 6.44. The molecule has 2 N–H and O–H groups in total. The number of rotatable bonds is 2. The molecule has 4 nitrogen and oxygen atoms in total. The molecule has 1 aromatic heterocycles. The zero-order chi connectivity index (χ0) is 13.3. The summed E-state index contributed by atoms with van der Waals surface area (Å²) in [6.45, 7) is 7.32. The number of hydrogen-bond donors (Lipinski definition) is 1. The second-order valence-electron chi connectivity index (χ2n) is 5.34. The van der Waals surface area contributed by atoms with Gasteiger partial charge in [-0.1, -0.05) is 0 Å². The number of halogens is 1. The van der Waals surface area contributed by atoms with Crippen molar-refractivity contribution in [2.75, 3.05) is 13.1 Å². The Balaban J connectivity index is 0.00000180. The van der Waals surface area contributed by atoms with Crippen LogP contribution in [0.5, 0.6) is 0 Å². The van der Waals surface area contributed by atoms with Gasteiger partial charge in [0.05, 0.1) is 5.56 Å². The number of piperidine rings is 1. The third-order valence-electron chi connectivity index (χ3n) is 3.76. The summed E-state index contributed by atoms with van der Waals surface area (Å²) in [5.41, 5.74) is 6.64. The van der Waals surface area contributed by atoms with Crippen LogP contribution in [-0.2, 0) is 0 Å². The third-order valence-corrected chi connectivity index (χ3v) is 3.76. The molecule has 0 aliphatic carbocycles. The molecule has 0 aromatic carbocycles. The molecule has 2 heterocycles. The number of furan rings is 1. The van der Waals surface area contributed by atoms with Gasteiger partial charge in [-0.15, -0.1) is 12.4 Å². The Kier molecular flexibility index (Phi) is 5.44. The first-order valence-electron chi connectivity index (χ1n) is 6.61. The van der Waals surface area contributed by atoms with Crippen LogP contribution in [0.25, 0.3) is 0 Å². The predicted octanol–water partition coefficient (Wildman–Crippen LogP) is 2.52. The van der Waals surface area contributed by atoms with Crippen molar-refractivity contribution in [3.05, 3.63) is 23.2 Å². The lowest BCUT2D eigenvalue weighted by Crippen LogP contribution is -2.45. The van der Waals surface area contributed by atoms with Crippen LogP contribution < -0.4 is 5.73 Å². The minimum Gasteiger partial charge on any atom is -0.466 e. The van der Waals surface area contributed by atoms with Crippen molar-refractivity contribution in [2.24, 2.45) is 11.7 Å². The molecule has 2 atom stereocenters. The largest absolute Gasteiger partial charge is 0.466 e. The highest BCUT2D eigenvalue weighted by atomic mass is 35.5. The van der Waals surface area contributed by atoms with Crippen LogP contribution in [0.15, 0.2) is 10.5 Å². The lowest BCUT2D eigenvalue weighted by molar-refractivity contribution is 0.0659. The Morgan fingerprint density at radius 2 is 2.21 bits per heavy atom. The van der Waals surface area contributed by atoms with Crippen LogP contribution in [0, 0.1) is 19.8 Å². The summed E-state index contributed by atoms with van der Waals surface area (Å²) in [5.74, 6) is 1.99. The molecular weight excluding hydrogens is 264 g/mol. The van der Waals surface area contributed by atoms with Crippen LogP contribution in [0.2, 0.25) is 0 Å². The molecule has 1 amide bonds. The predicted molar refractivity (Wildman–Crippen MR) is 77.7 cm³/mol. The molecule has 19 heavy (non-hydrogen) atoms. The first-order valence-corrected chi connectivity index (χ1v) is 6.61. The van der Waals surface area contributed by atoms with E-state index in [0.717, 1.165) is 31.7 Å². The number of likely N-dealkylation sites (tertiary alicyclic amines) is 1. The average Bonchev–Trinajstić information content (AvgIpc) is 2.67. The van der Waals surface area contributed by atoms with Crippen LogP contribution in [0.1, 0.15) is 41.6 Å². The summed E-state index contributed by atoms with van der Waals surface area (Å²) >= 11 is 0. The van der Waals surface area contributed by atoms with Gasteiger partial charge in [-0.2, -0.15) is 0 Å². The highest BCUT2D eigenvalue weighted by Crippen LogP contribution is 2.22. The summed E-state index contributed by atoms with van der Waals surface area (Å²) in [6.07, 6.45) is 2.15. The lowest BCUT2D eigenvalue weighted by Gasteiger charge is -2.34. The van der Waals surface area contributed by atoms with E-state index in [1.807, 2.05) is 31.7 Å². The van der Waals surface area contributed by atoms with E-state index in [0.29, 0.717) is 17.2 Å². The normalized spacial score (nSPS) is 20.8. The van der Waals surface area contributed by atoms with E-state index in [-0.39, 0.29) is 24.4 Å². The van der Waals surface area contributed by atoms with Gasteiger partial charge < -0.3 is 15.1 Å². The van der Waals surface area contributed by atoms with Crippen molar-refractivity contribution in [3.8, 4) is 0 Å². The average molecular weight is 287 g/mol. The molecule has 0 radical (unpaired) electrons. The fourth-order valence-electron chi connectivity index (χ4n) is 2.64. The fraction of sp³-hybridized carbons (Fsp3) is 0.643. The highest BCUT2D eigenvalue weighted by Gasteiger charge is 2.28. The lowest BCUT2D eigenvalue weighted by atomic mass is 9.92. The highest BCUT2D eigenvalue weighted by molar-refractivity contribution is 5.95. The minimum atomic E-state index is 0. The Morgan fingerprint density at radius 1 is 1.53 bits per heavy atom. The van der Waals surface area contributed by atoms with E-state index in [1.54, 1.807) is 0 Å².